The molecule has 158 valence electrons. The van der Waals surface area contributed by atoms with Crippen LogP contribution in [0, 0.1) is 0 Å². The zero-order valence-corrected chi connectivity index (χ0v) is 19.6. The topological polar surface area (TPSA) is 83.9 Å². The monoisotopic (exact) mass is 447 g/mol. The first kappa shape index (κ1) is 24.9. The molecule has 0 fully saturated rings. The summed E-state index contributed by atoms with van der Waals surface area (Å²) in [5.74, 6) is -1.13. The first-order chi connectivity index (χ1) is 13.1. The van der Waals surface area contributed by atoms with Gasteiger partial charge in [0.1, 0.15) is 12.6 Å². The van der Waals surface area contributed by atoms with Crippen LogP contribution in [0.15, 0.2) is 30.3 Å². The Hall–Kier alpha value is -1.11. The summed E-state index contributed by atoms with van der Waals surface area (Å²) in [6, 6.07) is 8.08. The van der Waals surface area contributed by atoms with Gasteiger partial charge in [0.25, 0.3) is 0 Å². The summed E-state index contributed by atoms with van der Waals surface area (Å²) >= 11 is 2.61. The van der Waals surface area contributed by atoms with Crippen molar-refractivity contribution in [3.05, 3.63) is 35.9 Å². The zero-order valence-electron chi connectivity index (χ0n) is 17.0. The lowest BCUT2D eigenvalue weighted by molar-refractivity contribution is -0.142. The maximum Gasteiger partial charge on any atom is 0.411 e. The van der Waals surface area contributed by atoms with E-state index in [9.17, 15) is 19.3 Å². The lowest BCUT2D eigenvalue weighted by atomic mass is 10.2. The number of carbonyl (C=O) groups is 2. The van der Waals surface area contributed by atoms with Crippen molar-refractivity contribution in [1.82, 2.24) is 4.90 Å². The molecular weight excluding hydrogens is 417 g/mol. The number of hydrogen-bond donors (Lipinski definition) is 1. The predicted molar refractivity (Wildman–Crippen MR) is 118 cm³/mol. The van der Waals surface area contributed by atoms with Gasteiger partial charge in [-0.2, -0.15) is 0 Å². The third kappa shape index (κ3) is 8.50. The van der Waals surface area contributed by atoms with Gasteiger partial charge in [-0.3, -0.25) is 9.46 Å². The molecule has 0 saturated heterocycles. The Morgan fingerprint density at radius 3 is 2.07 bits per heavy atom. The highest BCUT2D eigenvalue weighted by Crippen LogP contribution is 2.71. The van der Waals surface area contributed by atoms with E-state index in [-0.39, 0.29) is 29.8 Å². The molecule has 1 amide bonds. The summed E-state index contributed by atoms with van der Waals surface area (Å²) in [4.78, 5) is 25.6. The fraction of sp³-hybridized carbons (Fsp3) is 0.579. The minimum absolute atomic E-state index is 0.0329. The lowest BCUT2D eigenvalue weighted by Gasteiger charge is -2.31. The molecule has 0 radical (unpaired) electrons. The third-order valence-corrected chi connectivity index (χ3v) is 12.4. The molecule has 1 aromatic rings. The Morgan fingerprint density at radius 2 is 1.64 bits per heavy atom. The van der Waals surface area contributed by atoms with E-state index >= 15 is 0 Å². The predicted octanol–water partition coefficient (Wildman–Crippen LogP) is 5.92. The number of carboxylic acids is 1. The van der Waals surface area contributed by atoms with Crippen molar-refractivity contribution < 1.29 is 24.0 Å². The first-order valence-electron chi connectivity index (χ1n) is 9.24. The van der Waals surface area contributed by atoms with Crippen LogP contribution in [0.1, 0.15) is 46.6 Å². The van der Waals surface area contributed by atoms with Crippen LogP contribution >= 0.6 is 28.3 Å². The van der Waals surface area contributed by atoms with Crippen LogP contribution in [0.5, 0.6) is 0 Å². The molecule has 0 aliphatic heterocycles. The normalized spacial score (nSPS) is 12.8. The quantitative estimate of drug-likeness (QED) is 0.421. The van der Waals surface area contributed by atoms with E-state index in [4.69, 9.17) is 4.74 Å². The Kier molecular flexibility index (Phi) is 10.5. The van der Waals surface area contributed by atoms with Gasteiger partial charge >= 0.3 is 12.1 Å². The fourth-order valence-electron chi connectivity index (χ4n) is 2.53. The molecule has 1 aromatic carbocycles. The summed E-state index contributed by atoms with van der Waals surface area (Å²) in [6.45, 7) is 9.46. The molecule has 0 saturated carbocycles. The molecule has 0 aromatic heterocycles. The van der Waals surface area contributed by atoms with Crippen molar-refractivity contribution in [1.29, 1.82) is 0 Å². The van der Waals surface area contributed by atoms with Crippen LogP contribution in [-0.2, 0) is 20.7 Å². The largest absolute Gasteiger partial charge is 0.480 e. The highest BCUT2D eigenvalue weighted by Gasteiger charge is 2.37. The summed E-state index contributed by atoms with van der Waals surface area (Å²) in [6.07, 6.45) is -0.696. The maximum absolute atomic E-state index is 13.5. The van der Waals surface area contributed by atoms with Gasteiger partial charge in [-0.05, 0) is 12.0 Å². The van der Waals surface area contributed by atoms with Gasteiger partial charge in [0.2, 0.25) is 5.55 Å². The molecule has 0 bridgehead atoms. The number of hydrogen-bond acceptors (Lipinski definition) is 6. The second-order valence-electron chi connectivity index (χ2n) is 6.83. The van der Waals surface area contributed by atoms with Gasteiger partial charge in [0, 0.05) is 10.5 Å². The van der Waals surface area contributed by atoms with Crippen molar-refractivity contribution in [2.75, 3.05) is 6.29 Å². The highest BCUT2D eigenvalue weighted by atomic mass is 33.1. The van der Waals surface area contributed by atoms with Gasteiger partial charge in [-0.15, -0.1) is 0 Å². The van der Waals surface area contributed by atoms with Gasteiger partial charge in [-0.25, -0.2) is 9.59 Å². The minimum Gasteiger partial charge on any atom is -0.480 e. The van der Waals surface area contributed by atoms with Crippen molar-refractivity contribution >= 4 is 40.4 Å². The standard InChI is InChI=1S/C19H30NO5PS2/c1-6-17(18(21)22)20(13-26(24,27-14(2)3)28-15(4)5)19(23)25-12-16-10-8-7-9-11-16/h7-11,14-15,17H,6,12-13H2,1-5H3,(H,21,22). The Labute approximate surface area is 175 Å². The van der Waals surface area contributed by atoms with E-state index < -0.39 is 23.7 Å². The van der Waals surface area contributed by atoms with Crippen LogP contribution in [-0.4, -0.2) is 44.9 Å². The van der Waals surface area contributed by atoms with E-state index in [0.29, 0.717) is 0 Å². The molecule has 0 aliphatic carbocycles. The molecule has 0 heterocycles. The second-order valence-corrected chi connectivity index (χ2v) is 16.1. The summed E-state index contributed by atoms with van der Waals surface area (Å²) < 4.78 is 18.9. The van der Waals surface area contributed by atoms with E-state index in [1.54, 1.807) is 6.92 Å². The first-order valence-corrected chi connectivity index (χ1v) is 14.1. The third-order valence-electron chi connectivity index (χ3n) is 3.56. The molecule has 1 N–H and O–H groups in total. The molecular formula is C19H30NO5PS2. The van der Waals surface area contributed by atoms with E-state index in [2.05, 4.69) is 0 Å². The van der Waals surface area contributed by atoms with Crippen LogP contribution < -0.4 is 0 Å². The van der Waals surface area contributed by atoms with Gasteiger partial charge < -0.3 is 9.84 Å². The summed E-state index contributed by atoms with van der Waals surface area (Å²) in [5.41, 5.74) is -2.15. The molecule has 0 aliphatic rings. The van der Waals surface area contributed by atoms with Crippen molar-refractivity contribution in [2.24, 2.45) is 0 Å². The molecule has 0 spiro atoms. The van der Waals surface area contributed by atoms with Crippen molar-refractivity contribution in [2.45, 2.75) is 64.2 Å². The number of ether oxygens (including phenoxy) is 1. The number of carbonyl (C=O) groups excluding carboxylic acids is 1. The van der Waals surface area contributed by atoms with Crippen LogP contribution in [0.3, 0.4) is 0 Å². The highest BCUT2D eigenvalue weighted by molar-refractivity contribution is 8.90. The van der Waals surface area contributed by atoms with Gasteiger partial charge in [-0.1, -0.05) is 87.7 Å². The second kappa shape index (κ2) is 11.8. The number of aliphatic carboxylic acids is 1. The van der Waals surface area contributed by atoms with Crippen molar-refractivity contribution in [3.8, 4) is 0 Å². The minimum atomic E-state index is -2.95. The van der Waals surface area contributed by atoms with Gasteiger partial charge in [0.05, 0.1) is 6.29 Å². The molecule has 6 nitrogen and oxygen atoms in total. The van der Waals surface area contributed by atoms with Crippen LogP contribution in [0.4, 0.5) is 4.79 Å². The number of amides is 1. The average Bonchev–Trinajstić information content (AvgIpc) is 2.58. The van der Waals surface area contributed by atoms with E-state index in [1.807, 2.05) is 58.0 Å². The molecule has 1 rings (SSSR count). The number of benzene rings is 1. The molecule has 9 heteroatoms. The number of rotatable bonds is 11. The Bertz CT molecular complexity index is 670. The Morgan fingerprint density at radius 1 is 1.11 bits per heavy atom. The number of nitrogens with zero attached hydrogens (tertiary/aromatic N) is 1. The lowest BCUT2D eigenvalue weighted by Crippen LogP contribution is -2.45. The van der Waals surface area contributed by atoms with Crippen LogP contribution in [0.25, 0.3) is 0 Å². The molecule has 28 heavy (non-hydrogen) atoms. The average molecular weight is 448 g/mol. The SMILES string of the molecule is CCC(C(=O)O)N(CP(=O)(SC(C)C)SC(C)C)C(=O)OCc1ccccc1. The van der Waals surface area contributed by atoms with E-state index in [1.165, 1.54) is 22.8 Å². The number of carboxylic acid groups (broad SMARTS) is 1. The van der Waals surface area contributed by atoms with Gasteiger partial charge in [0.15, 0.2) is 0 Å². The summed E-state index contributed by atoms with van der Waals surface area (Å²) in [5, 5.41) is 9.76. The Balaban J connectivity index is 3.06. The van der Waals surface area contributed by atoms with E-state index in [0.717, 1.165) is 10.5 Å². The maximum atomic E-state index is 13.5. The molecule has 1 unspecified atom stereocenters. The van der Waals surface area contributed by atoms with Crippen molar-refractivity contribution in [3.63, 3.8) is 0 Å². The molecule has 1 atom stereocenters. The zero-order chi connectivity index (χ0) is 21.3. The fourth-order valence-corrected chi connectivity index (χ4v) is 13.4. The summed E-state index contributed by atoms with van der Waals surface area (Å²) in [7, 11) is 0. The van der Waals surface area contributed by atoms with Crippen LogP contribution in [0.2, 0.25) is 0 Å². The smallest absolute Gasteiger partial charge is 0.411 e.